The summed E-state index contributed by atoms with van der Waals surface area (Å²) in [5.41, 5.74) is 2.01. The fourth-order valence-corrected chi connectivity index (χ4v) is 2.25. The molecule has 0 fully saturated rings. The Morgan fingerprint density at radius 3 is 2.55 bits per heavy atom. The molecule has 0 aromatic heterocycles. The van der Waals surface area contributed by atoms with Crippen molar-refractivity contribution >= 4 is 5.97 Å². The van der Waals surface area contributed by atoms with Gasteiger partial charge in [-0.15, -0.1) is 0 Å². The number of hydrogen-bond donors (Lipinski definition) is 2. The molecule has 4 nitrogen and oxygen atoms in total. The van der Waals surface area contributed by atoms with Crippen molar-refractivity contribution in [2.75, 3.05) is 6.61 Å². The van der Waals surface area contributed by atoms with E-state index in [2.05, 4.69) is 5.32 Å². The molecule has 0 radical (unpaired) electrons. The highest BCUT2D eigenvalue weighted by molar-refractivity contribution is 5.73. The largest absolute Gasteiger partial charge is 0.494 e. The highest BCUT2D eigenvalue weighted by Crippen LogP contribution is 2.13. The van der Waals surface area contributed by atoms with E-state index in [1.165, 1.54) is 0 Å². The van der Waals surface area contributed by atoms with Crippen molar-refractivity contribution < 1.29 is 14.6 Å². The van der Waals surface area contributed by atoms with Crippen LogP contribution in [-0.4, -0.2) is 23.7 Å². The van der Waals surface area contributed by atoms with Gasteiger partial charge >= 0.3 is 5.97 Å². The molecule has 0 bridgehead atoms. The van der Waals surface area contributed by atoms with Gasteiger partial charge < -0.3 is 15.2 Å². The quantitative estimate of drug-likeness (QED) is 0.787. The van der Waals surface area contributed by atoms with Crippen LogP contribution in [0, 0.1) is 0 Å². The van der Waals surface area contributed by atoms with E-state index < -0.39 is 12.0 Å². The zero-order valence-corrected chi connectivity index (χ0v) is 12.7. The Balaban J connectivity index is 1.97. The summed E-state index contributed by atoms with van der Waals surface area (Å²) < 4.78 is 5.45. The van der Waals surface area contributed by atoms with Gasteiger partial charge in [-0.1, -0.05) is 42.5 Å². The molecule has 2 rings (SSSR count). The Hall–Kier alpha value is -2.33. The summed E-state index contributed by atoms with van der Waals surface area (Å²) in [6.07, 6.45) is 0.460. The van der Waals surface area contributed by atoms with E-state index >= 15 is 0 Å². The molecule has 0 aliphatic rings. The minimum absolute atomic E-state index is 0.460. The topological polar surface area (TPSA) is 58.6 Å². The lowest BCUT2D eigenvalue weighted by Gasteiger charge is -2.15. The summed E-state index contributed by atoms with van der Waals surface area (Å²) >= 11 is 0. The molecule has 0 spiro atoms. The third kappa shape index (κ3) is 4.90. The lowest BCUT2D eigenvalue weighted by atomic mass is 10.1. The predicted molar refractivity (Wildman–Crippen MR) is 86.0 cm³/mol. The van der Waals surface area contributed by atoms with Crippen molar-refractivity contribution in [3.8, 4) is 5.75 Å². The van der Waals surface area contributed by atoms with Crippen molar-refractivity contribution in [1.29, 1.82) is 0 Å². The maximum atomic E-state index is 11.4. The number of hydrogen-bond acceptors (Lipinski definition) is 3. The molecule has 116 valence electrons. The van der Waals surface area contributed by atoms with E-state index in [0.717, 1.165) is 16.9 Å². The third-order valence-electron chi connectivity index (χ3n) is 3.34. The molecule has 0 amide bonds. The van der Waals surface area contributed by atoms with Gasteiger partial charge in [0.05, 0.1) is 6.61 Å². The highest BCUT2D eigenvalue weighted by Gasteiger charge is 2.17. The molecule has 0 saturated heterocycles. The Morgan fingerprint density at radius 1 is 1.14 bits per heavy atom. The van der Waals surface area contributed by atoms with Crippen LogP contribution in [0.2, 0.25) is 0 Å². The summed E-state index contributed by atoms with van der Waals surface area (Å²) in [6.45, 7) is 3.04. The molecule has 4 heteroatoms. The van der Waals surface area contributed by atoms with Gasteiger partial charge in [0.25, 0.3) is 0 Å². The standard InChI is InChI=1S/C18H21NO3/c1-2-22-16-10-6-9-15(11-16)13-19-17(18(20)21)12-14-7-4-3-5-8-14/h3-11,17,19H,2,12-13H2,1H3,(H,20,21). The first-order valence-corrected chi connectivity index (χ1v) is 7.41. The molecule has 1 atom stereocenters. The van der Waals surface area contributed by atoms with Crippen molar-refractivity contribution in [2.24, 2.45) is 0 Å². The van der Waals surface area contributed by atoms with E-state index in [9.17, 15) is 9.90 Å². The summed E-state index contributed by atoms with van der Waals surface area (Å²) in [4.78, 5) is 11.4. The van der Waals surface area contributed by atoms with Gasteiger partial charge in [0, 0.05) is 6.54 Å². The maximum Gasteiger partial charge on any atom is 0.321 e. The van der Waals surface area contributed by atoms with Crippen LogP contribution in [0.1, 0.15) is 18.1 Å². The van der Waals surface area contributed by atoms with Gasteiger partial charge in [0.2, 0.25) is 0 Å². The zero-order chi connectivity index (χ0) is 15.8. The second kappa shape index (κ2) is 8.20. The van der Waals surface area contributed by atoms with E-state index in [0.29, 0.717) is 19.6 Å². The van der Waals surface area contributed by atoms with Gasteiger partial charge in [0.1, 0.15) is 11.8 Å². The Morgan fingerprint density at radius 2 is 1.86 bits per heavy atom. The average Bonchev–Trinajstić information content (AvgIpc) is 2.53. The number of nitrogens with one attached hydrogen (secondary N) is 1. The molecule has 2 aromatic carbocycles. The summed E-state index contributed by atoms with van der Waals surface area (Å²) in [7, 11) is 0. The maximum absolute atomic E-state index is 11.4. The van der Waals surface area contributed by atoms with Crippen LogP contribution in [-0.2, 0) is 17.8 Å². The lowest BCUT2D eigenvalue weighted by Crippen LogP contribution is -2.38. The third-order valence-corrected chi connectivity index (χ3v) is 3.34. The van der Waals surface area contributed by atoms with Gasteiger partial charge in [0.15, 0.2) is 0 Å². The van der Waals surface area contributed by atoms with Crippen LogP contribution in [0.4, 0.5) is 0 Å². The molecule has 2 N–H and O–H groups in total. The number of carbonyl (C=O) groups is 1. The molecular formula is C18H21NO3. The number of carboxylic acids is 1. The van der Waals surface area contributed by atoms with Crippen LogP contribution < -0.4 is 10.1 Å². The molecule has 0 saturated carbocycles. The van der Waals surface area contributed by atoms with Gasteiger partial charge in [-0.25, -0.2) is 0 Å². The molecule has 0 aliphatic carbocycles. The van der Waals surface area contributed by atoms with Gasteiger partial charge in [-0.2, -0.15) is 0 Å². The molecule has 1 unspecified atom stereocenters. The monoisotopic (exact) mass is 299 g/mol. The molecule has 0 aliphatic heterocycles. The number of rotatable bonds is 8. The number of ether oxygens (including phenoxy) is 1. The van der Waals surface area contributed by atoms with Crippen molar-refractivity contribution in [2.45, 2.75) is 25.9 Å². The molecule has 0 heterocycles. The smallest absolute Gasteiger partial charge is 0.321 e. The first kappa shape index (κ1) is 16.0. The summed E-state index contributed by atoms with van der Waals surface area (Å²) in [6, 6.07) is 16.7. The Kier molecular flexibility index (Phi) is 5.98. The van der Waals surface area contributed by atoms with Crippen LogP contribution in [0.15, 0.2) is 54.6 Å². The lowest BCUT2D eigenvalue weighted by molar-refractivity contribution is -0.139. The Labute approximate surface area is 130 Å². The van der Waals surface area contributed by atoms with E-state index in [1.807, 2.05) is 61.5 Å². The number of aliphatic carboxylic acids is 1. The predicted octanol–water partition coefficient (Wildman–Crippen LogP) is 2.87. The first-order chi connectivity index (χ1) is 10.7. The SMILES string of the molecule is CCOc1cccc(CNC(Cc2ccccc2)C(=O)O)c1. The Bertz CT molecular complexity index is 598. The minimum atomic E-state index is -0.843. The average molecular weight is 299 g/mol. The zero-order valence-electron chi connectivity index (χ0n) is 12.7. The summed E-state index contributed by atoms with van der Waals surface area (Å²) in [5.74, 6) is -0.0402. The molecular weight excluding hydrogens is 278 g/mol. The summed E-state index contributed by atoms with van der Waals surface area (Å²) in [5, 5.41) is 12.5. The number of benzene rings is 2. The fraction of sp³-hybridized carbons (Fsp3) is 0.278. The van der Waals surface area contributed by atoms with Crippen LogP contribution in [0.3, 0.4) is 0 Å². The number of carboxylic acid groups (broad SMARTS) is 1. The van der Waals surface area contributed by atoms with Crippen LogP contribution in [0.5, 0.6) is 5.75 Å². The van der Waals surface area contributed by atoms with E-state index in [4.69, 9.17) is 4.74 Å². The minimum Gasteiger partial charge on any atom is -0.494 e. The van der Waals surface area contributed by atoms with Crippen LogP contribution in [0.25, 0.3) is 0 Å². The van der Waals surface area contributed by atoms with E-state index in [-0.39, 0.29) is 0 Å². The second-order valence-corrected chi connectivity index (χ2v) is 5.04. The molecule has 2 aromatic rings. The van der Waals surface area contributed by atoms with Gasteiger partial charge in [-0.05, 0) is 36.6 Å². The van der Waals surface area contributed by atoms with E-state index in [1.54, 1.807) is 0 Å². The highest BCUT2D eigenvalue weighted by atomic mass is 16.5. The van der Waals surface area contributed by atoms with Crippen molar-refractivity contribution in [3.05, 3.63) is 65.7 Å². The fourth-order valence-electron chi connectivity index (χ4n) is 2.25. The van der Waals surface area contributed by atoms with Crippen molar-refractivity contribution in [3.63, 3.8) is 0 Å². The van der Waals surface area contributed by atoms with Crippen molar-refractivity contribution in [1.82, 2.24) is 5.32 Å². The second-order valence-electron chi connectivity index (χ2n) is 5.04. The van der Waals surface area contributed by atoms with Crippen LogP contribution >= 0.6 is 0 Å². The molecule has 22 heavy (non-hydrogen) atoms. The first-order valence-electron chi connectivity index (χ1n) is 7.41. The normalized spacial score (nSPS) is 11.9. The van der Waals surface area contributed by atoms with Gasteiger partial charge in [-0.3, -0.25) is 4.79 Å².